The number of amides is 2. The fraction of sp³-hybridized carbons (Fsp3) is 0.769. The number of aliphatic carboxylic acids is 1. The molecule has 1 saturated heterocycles. The summed E-state index contributed by atoms with van der Waals surface area (Å²) < 4.78 is 4.82. The highest BCUT2D eigenvalue weighted by Gasteiger charge is 2.38. The summed E-state index contributed by atoms with van der Waals surface area (Å²) in [5.41, 5.74) is 0. The number of urea groups is 1. The number of ether oxygens (including phenoxy) is 1. The Morgan fingerprint density at radius 3 is 2.40 bits per heavy atom. The summed E-state index contributed by atoms with van der Waals surface area (Å²) in [5.74, 6) is -1.75. The zero-order valence-electron chi connectivity index (χ0n) is 12.2. The lowest BCUT2D eigenvalue weighted by molar-refractivity contribution is -0.144. The van der Waals surface area contributed by atoms with Gasteiger partial charge in [-0.2, -0.15) is 0 Å². The second-order valence-electron chi connectivity index (χ2n) is 4.89. The highest BCUT2D eigenvalue weighted by atomic mass is 16.5. The third kappa shape index (κ3) is 3.85. The monoisotopic (exact) mass is 286 g/mol. The zero-order chi connectivity index (χ0) is 15.3. The molecule has 0 aromatic carbocycles. The Balaban J connectivity index is 2.46. The van der Waals surface area contributed by atoms with Crippen LogP contribution in [0.4, 0.5) is 4.79 Å². The van der Waals surface area contributed by atoms with Gasteiger partial charge in [0, 0.05) is 25.6 Å². The average Bonchev–Trinajstić information content (AvgIpc) is 2.33. The van der Waals surface area contributed by atoms with Crippen LogP contribution >= 0.6 is 0 Å². The summed E-state index contributed by atoms with van der Waals surface area (Å²) in [5, 5.41) is 8.90. The summed E-state index contributed by atoms with van der Waals surface area (Å²) in [6, 6.07) is -0.241. The van der Waals surface area contributed by atoms with Crippen LogP contribution in [0, 0.1) is 11.8 Å². The minimum atomic E-state index is -0.846. The van der Waals surface area contributed by atoms with Crippen LogP contribution in [0.25, 0.3) is 0 Å². The SMILES string of the molecule is CCOC(=O)CN(CC)C(=O)N1CC(C(C)C(=O)O)C1. The summed E-state index contributed by atoms with van der Waals surface area (Å²) >= 11 is 0. The molecule has 1 rings (SSSR count). The van der Waals surface area contributed by atoms with Crippen LogP contribution in [0.5, 0.6) is 0 Å². The van der Waals surface area contributed by atoms with Gasteiger partial charge in [0.1, 0.15) is 6.54 Å². The second kappa shape index (κ2) is 7.12. The third-order valence-electron chi connectivity index (χ3n) is 3.55. The molecule has 0 aromatic rings. The molecule has 0 bridgehead atoms. The van der Waals surface area contributed by atoms with Crippen molar-refractivity contribution < 1.29 is 24.2 Å². The zero-order valence-corrected chi connectivity index (χ0v) is 12.2. The van der Waals surface area contributed by atoms with E-state index >= 15 is 0 Å². The van der Waals surface area contributed by atoms with E-state index in [0.29, 0.717) is 19.6 Å². The Labute approximate surface area is 118 Å². The predicted octanol–water partition coefficient (Wildman–Crippen LogP) is 0.644. The highest BCUT2D eigenvalue weighted by molar-refractivity contribution is 5.81. The van der Waals surface area contributed by atoms with Crippen molar-refractivity contribution >= 4 is 18.0 Å². The minimum absolute atomic E-state index is 0.0160. The fourth-order valence-corrected chi connectivity index (χ4v) is 2.06. The fourth-order valence-electron chi connectivity index (χ4n) is 2.06. The maximum atomic E-state index is 12.1. The van der Waals surface area contributed by atoms with E-state index in [0.717, 1.165) is 0 Å². The summed E-state index contributed by atoms with van der Waals surface area (Å²) in [4.78, 5) is 37.3. The van der Waals surface area contributed by atoms with Crippen molar-refractivity contribution in [3.05, 3.63) is 0 Å². The number of carboxylic acids is 1. The molecular weight excluding hydrogens is 264 g/mol. The number of carbonyl (C=O) groups is 3. The van der Waals surface area contributed by atoms with Crippen molar-refractivity contribution in [3.8, 4) is 0 Å². The van der Waals surface area contributed by atoms with E-state index in [1.165, 1.54) is 4.90 Å². The first-order valence-corrected chi connectivity index (χ1v) is 6.82. The Morgan fingerprint density at radius 2 is 1.95 bits per heavy atom. The van der Waals surface area contributed by atoms with Gasteiger partial charge in [-0.05, 0) is 13.8 Å². The Kier molecular flexibility index (Phi) is 5.79. The molecule has 7 nitrogen and oxygen atoms in total. The van der Waals surface area contributed by atoms with Crippen LogP contribution in [0.15, 0.2) is 0 Å². The first-order valence-electron chi connectivity index (χ1n) is 6.82. The molecule has 1 atom stereocenters. The van der Waals surface area contributed by atoms with Gasteiger partial charge in [-0.25, -0.2) is 4.79 Å². The number of carbonyl (C=O) groups excluding carboxylic acids is 2. The molecule has 0 saturated carbocycles. The smallest absolute Gasteiger partial charge is 0.325 e. The minimum Gasteiger partial charge on any atom is -0.481 e. The average molecular weight is 286 g/mol. The number of esters is 1. The number of hydrogen-bond donors (Lipinski definition) is 1. The molecule has 1 aliphatic rings. The van der Waals surface area contributed by atoms with E-state index in [-0.39, 0.29) is 25.1 Å². The Bertz CT molecular complexity index is 379. The third-order valence-corrected chi connectivity index (χ3v) is 3.55. The lowest BCUT2D eigenvalue weighted by Gasteiger charge is -2.43. The molecule has 1 fully saturated rings. The Morgan fingerprint density at radius 1 is 1.35 bits per heavy atom. The predicted molar refractivity (Wildman–Crippen MR) is 71.1 cm³/mol. The number of carboxylic acid groups (broad SMARTS) is 1. The van der Waals surface area contributed by atoms with E-state index < -0.39 is 17.9 Å². The first-order chi connectivity index (χ1) is 9.40. The largest absolute Gasteiger partial charge is 0.481 e. The standard InChI is InChI=1S/C13H22N2O5/c1-4-14(8-11(16)20-5-2)13(19)15-6-10(7-15)9(3)12(17)18/h9-10H,4-8H2,1-3H3,(H,17,18). The summed E-state index contributed by atoms with van der Waals surface area (Å²) in [6.45, 7) is 6.61. The van der Waals surface area contributed by atoms with Crippen molar-refractivity contribution in [2.45, 2.75) is 20.8 Å². The van der Waals surface area contributed by atoms with Gasteiger partial charge in [0.05, 0.1) is 12.5 Å². The van der Waals surface area contributed by atoms with Gasteiger partial charge in [-0.3, -0.25) is 9.59 Å². The first kappa shape index (κ1) is 16.3. The van der Waals surface area contributed by atoms with Gasteiger partial charge in [0.15, 0.2) is 0 Å². The Hall–Kier alpha value is -1.79. The number of likely N-dealkylation sites (tertiary alicyclic amines) is 1. The number of rotatable bonds is 6. The van der Waals surface area contributed by atoms with E-state index in [1.807, 2.05) is 0 Å². The second-order valence-corrected chi connectivity index (χ2v) is 4.89. The lowest BCUT2D eigenvalue weighted by Crippen LogP contribution is -2.57. The van der Waals surface area contributed by atoms with Crippen molar-refractivity contribution in [3.63, 3.8) is 0 Å². The van der Waals surface area contributed by atoms with Crippen molar-refractivity contribution in [1.29, 1.82) is 0 Å². The van der Waals surface area contributed by atoms with Crippen molar-refractivity contribution in [2.75, 3.05) is 32.8 Å². The van der Waals surface area contributed by atoms with Gasteiger partial charge in [-0.15, -0.1) is 0 Å². The van der Waals surface area contributed by atoms with Crippen LogP contribution in [-0.4, -0.2) is 65.7 Å². The van der Waals surface area contributed by atoms with Gasteiger partial charge in [0.25, 0.3) is 0 Å². The summed E-state index contributed by atoms with van der Waals surface area (Å²) in [6.07, 6.45) is 0. The van der Waals surface area contributed by atoms with Gasteiger partial charge < -0.3 is 19.6 Å². The van der Waals surface area contributed by atoms with E-state index in [9.17, 15) is 14.4 Å². The van der Waals surface area contributed by atoms with Gasteiger partial charge in [0.2, 0.25) is 0 Å². The van der Waals surface area contributed by atoms with Gasteiger partial charge >= 0.3 is 18.0 Å². The molecule has 1 aliphatic heterocycles. The maximum Gasteiger partial charge on any atom is 0.325 e. The molecule has 0 aliphatic carbocycles. The number of likely N-dealkylation sites (N-methyl/N-ethyl adjacent to an activating group) is 1. The van der Waals surface area contributed by atoms with Crippen LogP contribution in [0.3, 0.4) is 0 Å². The van der Waals surface area contributed by atoms with Crippen molar-refractivity contribution in [2.24, 2.45) is 11.8 Å². The van der Waals surface area contributed by atoms with E-state index in [4.69, 9.17) is 9.84 Å². The van der Waals surface area contributed by atoms with E-state index in [2.05, 4.69) is 0 Å². The molecule has 20 heavy (non-hydrogen) atoms. The molecular formula is C13H22N2O5. The van der Waals surface area contributed by atoms with Crippen LogP contribution in [0.2, 0.25) is 0 Å². The molecule has 1 heterocycles. The molecule has 2 amide bonds. The van der Waals surface area contributed by atoms with Gasteiger partial charge in [-0.1, -0.05) is 6.92 Å². The number of hydrogen-bond acceptors (Lipinski definition) is 4. The highest BCUT2D eigenvalue weighted by Crippen LogP contribution is 2.25. The lowest BCUT2D eigenvalue weighted by atomic mass is 9.87. The topological polar surface area (TPSA) is 87.2 Å². The van der Waals surface area contributed by atoms with Crippen molar-refractivity contribution in [1.82, 2.24) is 9.80 Å². The summed E-state index contributed by atoms with van der Waals surface area (Å²) in [7, 11) is 0. The maximum absolute atomic E-state index is 12.1. The van der Waals surface area contributed by atoms with E-state index in [1.54, 1.807) is 25.7 Å². The molecule has 0 radical (unpaired) electrons. The molecule has 114 valence electrons. The number of nitrogens with zero attached hydrogens (tertiary/aromatic N) is 2. The van der Waals surface area contributed by atoms with Crippen LogP contribution < -0.4 is 0 Å². The molecule has 0 spiro atoms. The quantitative estimate of drug-likeness (QED) is 0.724. The van der Waals surface area contributed by atoms with Crippen LogP contribution in [-0.2, 0) is 14.3 Å². The molecule has 0 aromatic heterocycles. The van der Waals surface area contributed by atoms with Crippen LogP contribution in [0.1, 0.15) is 20.8 Å². The normalized spacial score (nSPS) is 16.2. The molecule has 7 heteroatoms. The molecule has 1 N–H and O–H groups in total. The molecule has 1 unspecified atom stereocenters.